The predicted molar refractivity (Wildman–Crippen MR) is 80.1 cm³/mol. The summed E-state index contributed by atoms with van der Waals surface area (Å²) in [6.45, 7) is 6.82. The molecule has 0 bridgehead atoms. The Kier molecular flexibility index (Phi) is 7.76. The van der Waals surface area contributed by atoms with Gasteiger partial charge >= 0.3 is 0 Å². The van der Waals surface area contributed by atoms with Crippen LogP contribution >= 0.6 is 0 Å². The van der Waals surface area contributed by atoms with Gasteiger partial charge in [0, 0.05) is 19.7 Å². The van der Waals surface area contributed by atoms with E-state index in [1.165, 1.54) is 0 Å². The molecule has 1 rings (SSSR count). The molecule has 0 atom stereocenters. The van der Waals surface area contributed by atoms with E-state index in [4.69, 9.17) is 4.74 Å². The van der Waals surface area contributed by atoms with Gasteiger partial charge in [-0.25, -0.2) is 13.1 Å². The van der Waals surface area contributed by atoms with Crippen LogP contribution in [0.25, 0.3) is 0 Å². The molecule has 0 unspecified atom stereocenters. The number of ether oxygens (including phenoxy) is 1. The van der Waals surface area contributed by atoms with Gasteiger partial charge in [0.25, 0.3) is 0 Å². The zero-order valence-corrected chi connectivity index (χ0v) is 13.0. The van der Waals surface area contributed by atoms with E-state index in [-0.39, 0.29) is 6.54 Å². The highest BCUT2D eigenvalue weighted by Gasteiger charge is 2.13. The van der Waals surface area contributed by atoms with Crippen molar-refractivity contribution in [3.05, 3.63) is 29.8 Å². The zero-order valence-electron chi connectivity index (χ0n) is 12.2. The molecule has 0 aliphatic rings. The van der Waals surface area contributed by atoms with Crippen molar-refractivity contribution in [2.75, 3.05) is 26.3 Å². The highest BCUT2D eigenvalue weighted by Crippen LogP contribution is 2.11. The molecule has 0 saturated carbocycles. The Morgan fingerprint density at radius 2 is 2.00 bits per heavy atom. The van der Waals surface area contributed by atoms with E-state index in [0.29, 0.717) is 24.7 Å². The third-order valence-electron chi connectivity index (χ3n) is 2.71. The molecule has 20 heavy (non-hydrogen) atoms. The number of benzene rings is 1. The lowest BCUT2D eigenvalue weighted by Crippen LogP contribution is -2.27. The highest BCUT2D eigenvalue weighted by molar-refractivity contribution is 7.89. The molecule has 0 aliphatic heterocycles. The predicted octanol–water partition coefficient (Wildman–Crippen LogP) is 1.50. The minimum Gasteiger partial charge on any atom is -0.380 e. The molecular formula is C14H24N2O3S. The van der Waals surface area contributed by atoms with Crippen LogP contribution in [0, 0.1) is 0 Å². The van der Waals surface area contributed by atoms with E-state index < -0.39 is 10.0 Å². The second kappa shape index (κ2) is 9.07. The van der Waals surface area contributed by atoms with Gasteiger partial charge in [-0.3, -0.25) is 0 Å². The number of rotatable bonds is 10. The quantitative estimate of drug-likeness (QED) is 0.643. The lowest BCUT2D eigenvalue weighted by Gasteiger charge is -2.09. The SMILES string of the molecule is CCCNCc1cccc(S(=O)(=O)NCCOCC)c1. The van der Waals surface area contributed by atoms with E-state index in [9.17, 15) is 8.42 Å². The molecule has 0 radical (unpaired) electrons. The van der Waals surface area contributed by atoms with Gasteiger partial charge in [-0.2, -0.15) is 0 Å². The molecule has 5 nitrogen and oxygen atoms in total. The first-order valence-corrected chi connectivity index (χ1v) is 8.45. The summed E-state index contributed by atoms with van der Waals surface area (Å²) >= 11 is 0. The van der Waals surface area contributed by atoms with Gasteiger partial charge in [-0.15, -0.1) is 0 Å². The Morgan fingerprint density at radius 1 is 1.20 bits per heavy atom. The molecule has 1 aromatic carbocycles. The van der Waals surface area contributed by atoms with Crippen molar-refractivity contribution in [1.29, 1.82) is 0 Å². The second-order valence-corrected chi connectivity index (χ2v) is 6.19. The summed E-state index contributed by atoms with van der Waals surface area (Å²) in [6.07, 6.45) is 1.05. The van der Waals surface area contributed by atoms with Crippen LogP contribution in [0.15, 0.2) is 29.2 Å². The van der Waals surface area contributed by atoms with Crippen molar-refractivity contribution in [3.63, 3.8) is 0 Å². The molecule has 6 heteroatoms. The van der Waals surface area contributed by atoms with Crippen molar-refractivity contribution >= 4 is 10.0 Å². The van der Waals surface area contributed by atoms with E-state index >= 15 is 0 Å². The molecule has 0 saturated heterocycles. The molecule has 0 aliphatic carbocycles. The van der Waals surface area contributed by atoms with Crippen molar-refractivity contribution in [2.45, 2.75) is 31.7 Å². The highest BCUT2D eigenvalue weighted by atomic mass is 32.2. The number of sulfonamides is 1. The van der Waals surface area contributed by atoms with Gasteiger partial charge in [0.2, 0.25) is 10.0 Å². The normalized spacial score (nSPS) is 11.7. The minimum atomic E-state index is -3.45. The summed E-state index contributed by atoms with van der Waals surface area (Å²) in [5, 5.41) is 3.25. The second-order valence-electron chi connectivity index (χ2n) is 4.42. The summed E-state index contributed by atoms with van der Waals surface area (Å²) < 4.78 is 31.8. The standard InChI is InChI=1S/C14H24N2O3S/c1-3-8-15-12-13-6-5-7-14(11-13)20(17,18)16-9-10-19-4-2/h5-7,11,15-16H,3-4,8-10,12H2,1-2H3. The number of hydrogen-bond donors (Lipinski definition) is 2. The summed E-state index contributed by atoms with van der Waals surface area (Å²) in [6, 6.07) is 6.99. The fraction of sp³-hybridized carbons (Fsp3) is 0.571. The van der Waals surface area contributed by atoms with Crippen LogP contribution in [0.3, 0.4) is 0 Å². The maximum atomic E-state index is 12.1. The van der Waals surface area contributed by atoms with Crippen molar-refractivity contribution < 1.29 is 13.2 Å². The van der Waals surface area contributed by atoms with Gasteiger partial charge in [-0.1, -0.05) is 19.1 Å². The van der Waals surface area contributed by atoms with Gasteiger partial charge in [0.1, 0.15) is 0 Å². The molecule has 0 fully saturated rings. The van der Waals surface area contributed by atoms with Crippen LogP contribution in [-0.4, -0.2) is 34.7 Å². The Hall–Kier alpha value is -0.950. The van der Waals surface area contributed by atoms with E-state index in [2.05, 4.69) is 17.0 Å². The average Bonchev–Trinajstić information content (AvgIpc) is 2.44. The Morgan fingerprint density at radius 3 is 2.70 bits per heavy atom. The zero-order chi connectivity index (χ0) is 14.8. The van der Waals surface area contributed by atoms with Crippen molar-refractivity contribution in [1.82, 2.24) is 10.0 Å². The summed E-state index contributed by atoms with van der Waals surface area (Å²) in [5.41, 5.74) is 0.964. The van der Waals surface area contributed by atoms with Gasteiger partial charge < -0.3 is 10.1 Å². The average molecular weight is 300 g/mol. The van der Waals surface area contributed by atoms with Crippen LogP contribution in [0.5, 0.6) is 0 Å². The molecule has 114 valence electrons. The van der Waals surface area contributed by atoms with Crippen LogP contribution in [0.2, 0.25) is 0 Å². The first kappa shape index (κ1) is 17.1. The Labute approximate surface area is 121 Å². The smallest absolute Gasteiger partial charge is 0.240 e. The number of hydrogen-bond acceptors (Lipinski definition) is 4. The largest absolute Gasteiger partial charge is 0.380 e. The fourth-order valence-corrected chi connectivity index (χ4v) is 2.79. The molecule has 0 aromatic heterocycles. The van der Waals surface area contributed by atoms with Crippen molar-refractivity contribution in [3.8, 4) is 0 Å². The molecule has 1 aromatic rings. The van der Waals surface area contributed by atoms with E-state index in [0.717, 1.165) is 18.5 Å². The molecular weight excluding hydrogens is 276 g/mol. The maximum absolute atomic E-state index is 12.1. The topological polar surface area (TPSA) is 67.4 Å². The van der Waals surface area contributed by atoms with Crippen LogP contribution < -0.4 is 10.0 Å². The molecule has 0 heterocycles. The summed E-state index contributed by atoms with van der Waals surface area (Å²) in [4.78, 5) is 0.296. The van der Waals surface area contributed by atoms with Crippen LogP contribution in [0.4, 0.5) is 0 Å². The van der Waals surface area contributed by atoms with Gasteiger partial charge in [0.15, 0.2) is 0 Å². The molecule has 0 amide bonds. The maximum Gasteiger partial charge on any atom is 0.240 e. The first-order chi connectivity index (χ1) is 9.60. The third kappa shape index (κ3) is 6.00. The van der Waals surface area contributed by atoms with E-state index in [1.807, 2.05) is 13.0 Å². The molecule has 0 spiro atoms. The summed E-state index contributed by atoms with van der Waals surface area (Å²) in [5.74, 6) is 0. The first-order valence-electron chi connectivity index (χ1n) is 6.97. The van der Waals surface area contributed by atoms with Crippen LogP contribution in [0.1, 0.15) is 25.8 Å². The minimum absolute atomic E-state index is 0.286. The van der Waals surface area contributed by atoms with Crippen molar-refractivity contribution in [2.24, 2.45) is 0 Å². The number of nitrogens with one attached hydrogen (secondary N) is 2. The van der Waals surface area contributed by atoms with Crippen LogP contribution in [-0.2, 0) is 21.3 Å². The fourth-order valence-electron chi connectivity index (χ4n) is 1.71. The Balaban J connectivity index is 2.62. The third-order valence-corrected chi connectivity index (χ3v) is 4.17. The monoisotopic (exact) mass is 300 g/mol. The summed E-state index contributed by atoms with van der Waals surface area (Å²) in [7, 11) is -3.45. The Bertz CT molecular complexity index is 489. The molecule has 2 N–H and O–H groups in total. The van der Waals surface area contributed by atoms with Gasteiger partial charge in [-0.05, 0) is 37.6 Å². The van der Waals surface area contributed by atoms with E-state index in [1.54, 1.807) is 18.2 Å². The lowest BCUT2D eigenvalue weighted by molar-refractivity contribution is 0.153. The lowest BCUT2D eigenvalue weighted by atomic mass is 10.2. The van der Waals surface area contributed by atoms with Gasteiger partial charge in [0.05, 0.1) is 11.5 Å².